The number of halogens is 2. The molecule has 0 aromatic heterocycles. The molecule has 0 radical (unpaired) electrons. The molecule has 3 nitrogen and oxygen atoms in total. The second-order valence-corrected chi connectivity index (χ2v) is 7.77. The van der Waals surface area contributed by atoms with Gasteiger partial charge in [0.1, 0.15) is 5.82 Å². The van der Waals surface area contributed by atoms with Gasteiger partial charge < -0.3 is 10.5 Å². The van der Waals surface area contributed by atoms with E-state index in [-0.39, 0.29) is 10.6 Å². The molecule has 2 unspecified atom stereocenters. The number of hydrogen-bond acceptors (Lipinski definition) is 4. The van der Waals surface area contributed by atoms with E-state index >= 15 is 0 Å². The number of rotatable bonds is 1. The van der Waals surface area contributed by atoms with Crippen molar-refractivity contribution in [2.45, 2.75) is 16.7 Å². The van der Waals surface area contributed by atoms with Gasteiger partial charge in [-0.15, -0.1) is 0 Å². The molecule has 1 spiro atoms. The zero-order chi connectivity index (χ0) is 13.3. The smallest absolute Gasteiger partial charge is 0.155 e. The van der Waals surface area contributed by atoms with Crippen LogP contribution in [0.1, 0.15) is 12.0 Å². The van der Waals surface area contributed by atoms with Gasteiger partial charge in [-0.05, 0) is 24.6 Å². The van der Waals surface area contributed by atoms with Crippen molar-refractivity contribution in [3.8, 4) is 0 Å². The Kier molecular flexibility index (Phi) is 2.40. The highest BCUT2D eigenvalue weighted by molar-refractivity contribution is 9.10. The Balaban J connectivity index is 1.83. The highest BCUT2D eigenvalue weighted by atomic mass is 79.9. The van der Waals surface area contributed by atoms with Crippen LogP contribution >= 0.6 is 27.7 Å². The van der Waals surface area contributed by atoms with Crippen LogP contribution in [0, 0.1) is 11.7 Å². The van der Waals surface area contributed by atoms with Gasteiger partial charge in [0, 0.05) is 16.0 Å². The first-order valence-corrected chi connectivity index (χ1v) is 7.74. The second-order valence-electron chi connectivity index (χ2n) is 5.41. The number of ether oxygens (including phenoxy) is 1. The van der Waals surface area contributed by atoms with E-state index in [1.807, 2.05) is 6.07 Å². The van der Waals surface area contributed by atoms with E-state index in [0.717, 1.165) is 10.9 Å². The molecule has 100 valence electrons. The molecule has 2 aliphatic heterocycles. The maximum Gasteiger partial charge on any atom is 0.155 e. The fourth-order valence-corrected chi connectivity index (χ4v) is 4.94. The molecule has 1 saturated carbocycles. The van der Waals surface area contributed by atoms with E-state index in [1.165, 1.54) is 6.07 Å². The zero-order valence-electron chi connectivity index (χ0n) is 10.0. The summed E-state index contributed by atoms with van der Waals surface area (Å²) >= 11 is 5.00. The number of nitrogens with two attached hydrogens (primary N) is 1. The first-order valence-electron chi connectivity index (χ1n) is 6.13. The van der Waals surface area contributed by atoms with E-state index in [4.69, 9.17) is 10.5 Å². The van der Waals surface area contributed by atoms with Crippen LogP contribution in [-0.2, 0) is 10.3 Å². The molecule has 19 heavy (non-hydrogen) atoms. The Morgan fingerprint density at radius 3 is 2.95 bits per heavy atom. The SMILES string of the molecule is NC1=NC2(c3cc(Br)ccc3F)CC2C2(COC2)S1. The van der Waals surface area contributed by atoms with E-state index in [0.29, 0.717) is 29.9 Å². The number of hydrogen-bond donors (Lipinski definition) is 1. The number of fused-ring (bicyclic) bond motifs is 2. The monoisotopic (exact) mass is 342 g/mol. The van der Waals surface area contributed by atoms with Crippen LogP contribution in [0.15, 0.2) is 27.7 Å². The van der Waals surface area contributed by atoms with E-state index in [2.05, 4.69) is 20.9 Å². The molecule has 1 saturated heterocycles. The van der Waals surface area contributed by atoms with Crippen LogP contribution in [-0.4, -0.2) is 23.1 Å². The summed E-state index contributed by atoms with van der Waals surface area (Å²) in [5.41, 5.74) is 6.16. The number of nitrogens with zero attached hydrogens (tertiary/aromatic N) is 1. The fourth-order valence-electron chi connectivity index (χ4n) is 3.25. The summed E-state index contributed by atoms with van der Waals surface area (Å²) in [7, 11) is 0. The second kappa shape index (κ2) is 3.74. The van der Waals surface area contributed by atoms with Crippen molar-refractivity contribution in [2.24, 2.45) is 16.6 Å². The number of thioether (sulfide) groups is 1. The van der Waals surface area contributed by atoms with Crippen LogP contribution in [0.3, 0.4) is 0 Å². The van der Waals surface area contributed by atoms with Crippen molar-refractivity contribution in [2.75, 3.05) is 13.2 Å². The summed E-state index contributed by atoms with van der Waals surface area (Å²) < 4.78 is 20.4. The molecule has 4 rings (SSSR count). The number of benzene rings is 1. The van der Waals surface area contributed by atoms with Crippen LogP contribution in [0.2, 0.25) is 0 Å². The maximum atomic E-state index is 14.2. The molecule has 3 aliphatic rings. The van der Waals surface area contributed by atoms with Gasteiger partial charge in [-0.25, -0.2) is 4.39 Å². The minimum absolute atomic E-state index is 0.0145. The highest BCUT2D eigenvalue weighted by Gasteiger charge is 2.70. The van der Waals surface area contributed by atoms with Gasteiger partial charge in [-0.1, -0.05) is 27.7 Å². The van der Waals surface area contributed by atoms with Crippen molar-refractivity contribution in [3.05, 3.63) is 34.1 Å². The van der Waals surface area contributed by atoms with Gasteiger partial charge in [0.25, 0.3) is 0 Å². The van der Waals surface area contributed by atoms with E-state index in [9.17, 15) is 4.39 Å². The Hall–Kier alpha value is -0.590. The number of amidine groups is 1. The normalized spacial score (nSPS) is 34.4. The first-order chi connectivity index (χ1) is 9.06. The summed E-state index contributed by atoms with van der Waals surface area (Å²) in [4.78, 5) is 4.58. The highest BCUT2D eigenvalue weighted by Crippen LogP contribution is 2.68. The third-order valence-corrected chi connectivity index (χ3v) is 5.99. The van der Waals surface area contributed by atoms with Crippen molar-refractivity contribution in [3.63, 3.8) is 0 Å². The summed E-state index contributed by atoms with van der Waals surface area (Å²) in [5, 5.41) is 0.552. The first kappa shape index (κ1) is 12.2. The van der Waals surface area contributed by atoms with Crippen molar-refractivity contribution in [1.82, 2.24) is 0 Å². The lowest BCUT2D eigenvalue weighted by molar-refractivity contribution is -0.0219. The molecule has 2 fully saturated rings. The zero-order valence-corrected chi connectivity index (χ0v) is 12.4. The van der Waals surface area contributed by atoms with Gasteiger partial charge in [-0.2, -0.15) is 0 Å². The lowest BCUT2D eigenvalue weighted by atomic mass is 9.92. The van der Waals surface area contributed by atoms with Crippen LogP contribution in [0.5, 0.6) is 0 Å². The van der Waals surface area contributed by atoms with Crippen LogP contribution in [0.4, 0.5) is 4.39 Å². The topological polar surface area (TPSA) is 47.6 Å². The molecule has 1 aromatic carbocycles. The standard InChI is InChI=1S/C13H12BrFN2OS/c14-7-1-2-9(15)8(3-7)13-4-10(13)12(5-18-6-12)19-11(16)17-13/h1-3,10H,4-6H2,(H2,16,17). The van der Waals surface area contributed by atoms with E-state index < -0.39 is 5.54 Å². The van der Waals surface area contributed by atoms with Crippen LogP contribution in [0.25, 0.3) is 0 Å². The molecular weight excluding hydrogens is 331 g/mol. The van der Waals surface area contributed by atoms with Crippen LogP contribution < -0.4 is 5.73 Å². The molecule has 0 amide bonds. The van der Waals surface area contributed by atoms with Gasteiger partial charge >= 0.3 is 0 Å². The molecule has 1 aliphatic carbocycles. The van der Waals surface area contributed by atoms with Crippen molar-refractivity contribution in [1.29, 1.82) is 0 Å². The molecule has 1 aromatic rings. The minimum Gasteiger partial charge on any atom is -0.378 e. The van der Waals surface area contributed by atoms with Gasteiger partial charge in [0.2, 0.25) is 0 Å². The Morgan fingerprint density at radius 1 is 1.47 bits per heavy atom. The van der Waals surface area contributed by atoms with Gasteiger partial charge in [0.05, 0.1) is 23.5 Å². The summed E-state index contributed by atoms with van der Waals surface area (Å²) in [6, 6.07) is 5.02. The van der Waals surface area contributed by atoms with Crippen molar-refractivity contribution < 1.29 is 9.13 Å². The lowest BCUT2D eigenvalue weighted by Crippen LogP contribution is -2.53. The third-order valence-electron chi connectivity index (χ3n) is 4.27. The van der Waals surface area contributed by atoms with Crippen molar-refractivity contribution >= 4 is 32.9 Å². The molecule has 2 atom stereocenters. The Morgan fingerprint density at radius 2 is 2.26 bits per heavy atom. The maximum absolute atomic E-state index is 14.2. The molecule has 0 bridgehead atoms. The molecular formula is C13H12BrFN2OS. The largest absolute Gasteiger partial charge is 0.378 e. The summed E-state index contributed by atoms with van der Waals surface area (Å²) in [6.07, 6.45) is 0.859. The molecule has 2 heterocycles. The van der Waals surface area contributed by atoms with Gasteiger partial charge in [0.15, 0.2) is 5.17 Å². The van der Waals surface area contributed by atoms with E-state index in [1.54, 1.807) is 17.8 Å². The molecule has 6 heteroatoms. The minimum atomic E-state index is -0.465. The summed E-state index contributed by atoms with van der Waals surface area (Å²) in [5.74, 6) is 0.124. The summed E-state index contributed by atoms with van der Waals surface area (Å²) in [6.45, 7) is 1.38. The Bertz CT molecular complexity index is 604. The Labute approximate surface area is 122 Å². The predicted molar refractivity (Wildman–Crippen MR) is 76.6 cm³/mol. The molecule has 2 N–H and O–H groups in total. The average molecular weight is 343 g/mol. The number of aliphatic imine (C=N–C) groups is 1. The lowest BCUT2D eigenvalue weighted by Gasteiger charge is -2.44. The quantitative estimate of drug-likeness (QED) is 0.853. The average Bonchev–Trinajstić information content (AvgIpc) is 3.04. The fraction of sp³-hybridized carbons (Fsp3) is 0.462. The van der Waals surface area contributed by atoms with Gasteiger partial charge in [-0.3, -0.25) is 4.99 Å². The predicted octanol–water partition coefficient (Wildman–Crippen LogP) is 2.63. The third kappa shape index (κ3) is 1.56.